The summed E-state index contributed by atoms with van der Waals surface area (Å²) in [6.45, 7) is 2.29. The summed E-state index contributed by atoms with van der Waals surface area (Å²) < 4.78 is 0. The minimum atomic E-state index is 0.148. The summed E-state index contributed by atoms with van der Waals surface area (Å²) in [7, 11) is 0. The third kappa shape index (κ3) is 3.57. The number of hydrogen-bond acceptors (Lipinski definition) is 1. The molecule has 0 radical (unpaired) electrons. The van der Waals surface area contributed by atoms with Gasteiger partial charge in [0.05, 0.1) is 0 Å². The van der Waals surface area contributed by atoms with Crippen LogP contribution in [0.3, 0.4) is 0 Å². The van der Waals surface area contributed by atoms with Crippen LogP contribution in [0.25, 0.3) is 0 Å². The van der Waals surface area contributed by atoms with Crippen LogP contribution in [0.1, 0.15) is 51.0 Å². The van der Waals surface area contributed by atoms with Crippen LogP contribution >= 0.6 is 0 Å². The maximum atomic E-state index is 6.49. The molecule has 1 heteroatoms. The quantitative estimate of drug-likeness (QED) is 0.816. The Balaban J connectivity index is 1.75. The minimum absolute atomic E-state index is 0.148. The molecule has 0 spiro atoms. The molecule has 2 rings (SSSR count). The zero-order valence-corrected chi connectivity index (χ0v) is 11.0. The van der Waals surface area contributed by atoms with E-state index in [9.17, 15) is 0 Å². The second-order valence-electron chi connectivity index (χ2n) is 5.72. The fourth-order valence-corrected chi connectivity index (χ4v) is 3.14. The van der Waals surface area contributed by atoms with Crippen LogP contribution in [0.5, 0.6) is 0 Å². The second-order valence-corrected chi connectivity index (χ2v) is 5.72. The summed E-state index contributed by atoms with van der Waals surface area (Å²) in [4.78, 5) is 0. The summed E-state index contributed by atoms with van der Waals surface area (Å²) in [5.74, 6) is 0.886. The van der Waals surface area contributed by atoms with E-state index in [-0.39, 0.29) is 5.54 Å². The molecule has 0 amide bonds. The fourth-order valence-electron chi connectivity index (χ4n) is 3.14. The topological polar surface area (TPSA) is 26.0 Å². The Kier molecular flexibility index (Phi) is 4.22. The molecule has 1 nitrogen and oxygen atoms in total. The highest BCUT2D eigenvalue weighted by atomic mass is 14.8. The van der Waals surface area contributed by atoms with Gasteiger partial charge < -0.3 is 5.73 Å². The zero-order chi connectivity index (χ0) is 12.1. The smallest absolute Gasteiger partial charge is 0.0157 e. The number of nitrogens with two attached hydrogens (primary N) is 1. The molecule has 2 unspecified atom stereocenters. The molecule has 0 aliphatic heterocycles. The Morgan fingerprint density at radius 3 is 2.71 bits per heavy atom. The normalized spacial score (nSPS) is 28.5. The van der Waals surface area contributed by atoms with Crippen LogP contribution in [0, 0.1) is 5.92 Å². The molecular formula is C16H25N. The van der Waals surface area contributed by atoms with Crippen LogP contribution in [-0.4, -0.2) is 5.54 Å². The van der Waals surface area contributed by atoms with E-state index in [0.717, 1.165) is 5.92 Å². The van der Waals surface area contributed by atoms with Gasteiger partial charge in [-0.25, -0.2) is 0 Å². The van der Waals surface area contributed by atoms with Gasteiger partial charge in [0.2, 0.25) is 0 Å². The van der Waals surface area contributed by atoms with Gasteiger partial charge in [0.25, 0.3) is 0 Å². The van der Waals surface area contributed by atoms with Gasteiger partial charge in [-0.3, -0.25) is 0 Å². The maximum absolute atomic E-state index is 6.49. The molecule has 0 heterocycles. The van der Waals surface area contributed by atoms with Gasteiger partial charge in [-0.1, -0.05) is 43.7 Å². The number of aryl methyl sites for hydroxylation is 1. The second kappa shape index (κ2) is 5.68. The molecule has 1 aromatic carbocycles. The molecule has 2 N–H and O–H groups in total. The van der Waals surface area contributed by atoms with E-state index < -0.39 is 0 Å². The molecule has 1 aliphatic rings. The van der Waals surface area contributed by atoms with Crippen molar-refractivity contribution >= 4 is 0 Å². The fraction of sp³-hybridized carbons (Fsp3) is 0.625. The van der Waals surface area contributed by atoms with Gasteiger partial charge in [-0.15, -0.1) is 0 Å². The van der Waals surface area contributed by atoms with Gasteiger partial charge in [0.15, 0.2) is 0 Å². The Morgan fingerprint density at radius 1 is 1.29 bits per heavy atom. The molecule has 0 aromatic heterocycles. The molecule has 0 saturated heterocycles. The van der Waals surface area contributed by atoms with Gasteiger partial charge in [-0.2, -0.15) is 0 Å². The largest absolute Gasteiger partial charge is 0.325 e. The predicted molar refractivity (Wildman–Crippen MR) is 73.9 cm³/mol. The first kappa shape index (κ1) is 12.6. The van der Waals surface area contributed by atoms with Gasteiger partial charge in [0.1, 0.15) is 0 Å². The lowest BCUT2D eigenvalue weighted by molar-refractivity contribution is 0.372. The average molecular weight is 231 g/mol. The lowest BCUT2D eigenvalue weighted by Gasteiger charge is -2.24. The van der Waals surface area contributed by atoms with E-state index in [2.05, 4.69) is 37.3 Å². The first-order valence-electron chi connectivity index (χ1n) is 7.05. The third-order valence-corrected chi connectivity index (χ3v) is 4.31. The van der Waals surface area contributed by atoms with Crippen LogP contribution in [0.15, 0.2) is 30.3 Å². The lowest BCUT2D eigenvalue weighted by atomic mass is 9.89. The summed E-state index contributed by atoms with van der Waals surface area (Å²) in [6.07, 6.45) is 8.74. The minimum Gasteiger partial charge on any atom is -0.325 e. The van der Waals surface area contributed by atoms with Crippen LogP contribution in [0.2, 0.25) is 0 Å². The molecule has 1 aromatic rings. The maximum Gasteiger partial charge on any atom is 0.0157 e. The summed E-state index contributed by atoms with van der Waals surface area (Å²) in [5.41, 5.74) is 8.08. The highest BCUT2D eigenvalue weighted by molar-refractivity contribution is 5.14. The summed E-state index contributed by atoms with van der Waals surface area (Å²) in [6, 6.07) is 10.8. The third-order valence-electron chi connectivity index (χ3n) is 4.31. The molecule has 2 atom stereocenters. The van der Waals surface area contributed by atoms with Crippen molar-refractivity contribution in [2.75, 3.05) is 0 Å². The summed E-state index contributed by atoms with van der Waals surface area (Å²) in [5, 5.41) is 0. The molecule has 0 bridgehead atoms. The van der Waals surface area contributed by atoms with E-state index in [0.29, 0.717) is 0 Å². The SMILES string of the molecule is CCC1CCC(N)(CCCc2ccccc2)C1. The van der Waals surface area contributed by atoms with Crippen molar-refractivity contribution in [3.63, 3.8) is 0 Å². The highest BCUT2D eigenvalue weighted by Gasteiger charge is 2.33. The van der Waals surface area contributed by atoms with E-state index in [1.807, 2.05) is 0 Å². The number of benzene rings is 1. The van der Waals surface area contributed by atoms with Gasteiger partial charge >= 0.3 is 0 Å². The van der Waals surface area contributed by atoms with E-state index in [4.69, 9.17) is 5.73 Å². The van der Waals surface area contributed by atoms with Crippen LogP contribution < -0.4 is 5.73 Å². The van der Waals surface area contributed by atoms with Crippen molar-refractivity contribution in [2.24, 2.45) is 11.7 Å². The zero-order valence-electron chi connectivity index (χ0n) is 11.0. The van der Waals surface area contributed by atoms with Gasteiger partial charge in [0, 0.05) is 5.54 Å². The monoisotopic (exact) mass is 231 g/mol. The Labute approximate surface area is 105 Å². The van der Waals surface area contributed by atoms with Crippen LogP contribution in [0.4, 0.5) is 0 Å². The highest BCUT2D eigenvalue weighted by Crippen LogP contribution is 2.37. The van der Waals surface area contributed by atoms with Crippen molar-refractivity contribution in [1.82, 2.24) is 0 Å². The van der Waals surface area contributed by atoms with Crippen molar-refractivity contribution in [3.05, 3.63) is 35.9 Å². The summed E-state index contributed by atoms with van der Waals surface area (Å²) >= 11 is 0. The molecule has 1 saturated carbocycles. The Morgan fingerprint density at radius 2 is 2.06 bits per heavy atom. The average Bonchev–Trinajstić information content (AvgIpc) is 2.73. The van der Waals surface area contributed by atoms with Gasteiger partial charge in [-0.05, 0) is 50.0 Å². The van der Waals surface area contributed by atoms with Crippen molar-refractivity contribution in [1.29, 1.82) is 0 Å². The standard InChI is InChI=1S/C16H25N/c1-2-14-10-12-16(17,13-14)11-6-9-15-7-4-3-5-8-15/h3-5,7-8,14H,2,6,9-13,17H2,1H3. The first-order valence-corrected chi connectivity index (χ1v) is 7.05. The molecule has 94 valence electrons. The Bertz CT molecular complexity index is 333. The molecule has 1 fully saturated rings. The van der Waals surface area contributed by atoms with Crippen molar-refractivity contribution < 1.29 is 0 Å². The number of hydrogen-bond donors (Lipinski definition) is 1. The first-order chi connectivity index (χ1) is 8.22. The predicted octanol–water partition coefficient (Wildman–Crippen LogP) is 3.92. The van der Waals surface area contributed by atoms with E-state index >= 15 is 0 Å². The number of rotatable bonds is 5. The Hall–Kier alpha value is -0.820. The molecule has 17 heavy (non-hydrogen) atoms. The molecule has 1 aliphatic carbocycles. The lowest BCUT2D eigenvalue weighted by Crippen LogP contribution is -2.36. The van der Waals surface area contributed by atoms with Crippen molar-refractivity contribution in [3.8, 4) is 0 Å². The van der Waals surface area contributed by atoms with E-state index in [1.54, 1.807) is 0 Å². The van der Waals surface area contributed by atoms with Crippen molar-refractivity contribution in [2.45, 2.75) is 57.4 Å². The van der Waals surface area contributed by atoms with E-state index in [1.165, 1.54) is 50.5 Å². The van der Waals surface area contributed by atoms with Crippen LogP contribution in [-0.2, 0) is 6.42 Å². The molecular weight excluding hydrogens is 206 g/mol.